The van der Waals surface area contributed by atoms with Gasteiger partial charge >= 0.3 is 0 Å². The molecule has 3 aromatic rings. The van der Waals surface area contributed by atoms with Crippen LogP contribution in [0.2, 0.25) is 5.02 Å². The number of alkyl halides is 1. The van der Waals surface area contributed by atoms with Gasteiger partial charge in [0.05, 0.1) is 10.7 Å². The molecule has 0 atom stereocenters. The molecule has 0 saturated heterocycles. The molecule has 2 aromatic heterocycles. The van der Waals surface area contributed by atoms with Crippen molar-refractivity contribution in [2.24, 2.45) is 0 Å². The van der Waals surface area contributed by atoms with Crippen LogP contribution in [0.1, 0.15) is 11.5 Å². The van der Waals surface area contributed by atoms with Crippen LogP contribution in [-0.2, 0) is 6.42 Å². The molecule has 6 heteroatoms. The maximum atomic E-state index is 6.37. The van der Waals surface area contributed by atoms with Gasteiger partial charge in [0.15, 0.2) is 5.65 Å². The van der Waals surface area contributed by atoms with E-state index < -0.39 is 0 Å². The molecule has 0 fully saturated rings. The Bertz CT molecular complexity index is 814. The molecule has 0 N–H and O–H groups in total. The normalized spacial score (nSPS) is 11.2. The number of fused-ring (bicyclic) bond motifs is 1. The standard InChI is InChI=1S/C15H12BrCl2N3/c1-9-2-5-12-15(19-9)21(14(20-12)6-7-17)13-8-10(16)3-4-11(13)18/h2-5,8H,6-7H2,1H3. The quantitative estimate of drug-likeness (QED) is 0.599. The fourth-order valence-electron chi connectivity index (χ4n) is 2.26. The molecule has 0 aliphatic rings. The number of imidazole rings is 1. The molecule has 0 spiro atoms. The van der Waals surface area contributed by atoms with Crippen LogP contribution in [0.4, 0.5) is 0 Å². The predicted molar refractivity (Wildman–Crippen MR) is 90.7 cm³/mol. The Morgan fingerprint density at radius 2 is 2.00 bits per heavy atom. The SMILES string of the molecule is Cc1ccc2nc(CCCl)n(-c3cc(Br)ccc3Cl)c2n1. The first-order valence-electron chi connectivity index (χ1n) is 6.46. The third-order valence-corrected chi connectivity index (χ3v) is 4.18. The monoisotopic (exact) mass is 383 g/mol. The zero-order valence-electron chi connectivity index (χ0n) is 11.3. The molecule has 0 bridgehead atoms. The lowest BCUT2D eigenvalue weighted by Crippen LogP contribution is -2.04. The van der Waals surface area contributed by atoms with Crippen molar-refractivity contribution in [3.8, 4) is 5.69 Å². The highest BCUT2D eigenvalue weighted by atomic mass is 79.9. The largest absolute Gasteiger partial charge is 0.279 e. The molecule has 0 radical (unpaired) electrons. The van der Waals surface area contributed by atoms with E-state index >= 15 is 0 Å². The lowest BCUT2D eigenvalue weighted by molar-refractivity contribution is 0.903. The number of hydrogen-bond acceptors (Lipinski definition) is 2. The molecule has 2 heterocycles. The van der Waals surface area contributed by atoms with E-state index in [1.165, 1.54) is 0 Å². The highest BCUT2D eigenvalue weighted by molar-refractivity contribution is 9.10. The first kappa shape index (κ1) is 14.8. The van der Waals surface area contributed by atoms with Gasteiger partial charge in [-0.1, -0.05) is 27.5 Å². The third kappa shape index (κ3) is 2.80. The van der Waals surface area contributed by atoms with Crippen LogP contribution < -0.4 is 0 Å². The van der Waals surface area contributed by atoms with Crippen LogP contribution in [0.15, 0.2) is 34.8 Å². The summed E-state index contributed by atoms with van der Waals surface area (Å²) in [6, 6.07) is 9.65. The average molecular weight is 385 g/mol. The second kappa shape index (κ2) is 5.95. The van der Waals surface area contributed by atoms with Crippen LogP contribution in [-0.4, -0.2) is 20.4 Å². The number of aryl methyl sites for hydroxylation is 2. The molecular formula is C15H12BrCl2N3. The minimum Gasteiger partial charge on any atom is -0.279 e. The summed E-state index contributed by atoms with van der Waals surface area (Å²) in [7, 11) is 0. The van der Waals surface area contributed by atoms with Gasteiger partial charge in [0.25, 0.3) is 0 Å². The zero-order valence-corrected chi connectivity index (χ0v) is 14.4. The lowest BCUT2D eigenvalue weighted by atomic mass is 10.3. The third-order valence-electron chi connectivity index (χ3n) is 3.18. The van der Waals surface area contributed by atoms with Crippen LogP contribution in [0.3, 0.4) is 0 Å². The fraction of sp³-hybridized carbons (Fsp3) is 0.200. The van der Waals surface area contributed by atoms with Gasteiger partial charge in [0, 0.05) is 22.5 Å². The highest BCUT2D eigenvalue weighted by Gasteiger charge is 2.16. The Kier molecular flexibility index (Phi) is 4.20. The molecule has 0 saturated carbocycles. The minimum atomic E-state index is 0.494. The maximum absolute atomic E-state index is 6.37. The van der Waals surface area contributed by atoms with Gasteiger partial charge < -0.3 is 0 Å². The molecule has 3 nitrogen and oxygen atoms in total. The summed E-state index contributed by atoms with van der Waals surface area (Å²) in [5.41, 5.74) is 3.44. The van der Waals surface area contributed by atoms with Crippen molar-refractivity contribution in [3.63, 3.8) is 0 Å². The molecule has 0 unspecified atom stereocenters. The van der Waals surface area contributed by atoms with E-state index in [4.69, 9.17) is 23.2 Å². The Hall–Kier alpha value is -1.10. The number of rotatable bonds is 3. The summed E-state index contributed by atoms with van der Waals surface area (Å²) < 4.78 is 2.94. The Morgan fingerprint density at radius 1 is 1.19 bits per heavy atom. The van der Waals surface area contributed by atoms with Crippen molar-refractivity contribution in [1.29, 1.82) is 0 Å². The van der Waals surface area contributed by atoms with Gasteiger partial charge in [0.1, 0.15) is 11.3 Å². The number of pyridine rings is 1. The van der Waals surface area contributed by atoms with Crippen molar-refractivity contribution >= 4 is 50.3 Å². The van der Waals surface area contributed by atoms with Crippen LogP contribution in [0.25, 0.3) is 16.9 Å². The molecule has 3 rings (SSSR count). The second-order valence-corrected chi connectivity index (χ2v) is 6.39. The minimum absolute atomic E-state index is 0.494. The number of aromatic nitrogens is 3. The van der Waals surface area contributed by atoms with E-state index in [9.17, 15) is 0 Å². The van der Waals surface area contributed by atoms with Crippen molar-refractivity contribution in [3.05, 3.63) is 51.3 Å². The topological polar surface area (TPSA) is 30.7 Å². The van der Waals surface area contributed by atoms with E-state index in [0.717, 1.165) is 32.8 Å². The van der Waals surface area contributed by atoms with Gasteiger partial charge in [-0.05, 0) is 37.3 Å². The molecule has 0 aliphatic carbocycles. The molecular weight excluding hydrogens is 373 g/mol. The number of hydrogen-bond donors (Lipinski definition) is 0. The summed E-state index contributed by atoms with van der Waals surface area (Å²) >= 11 is 15.8. The Labute approximate surface area is 141 Å². The Balaban J connectivity index is 2.35. The number of halogens is 3. The molecule has 1 aromatic carbocycles. The first-order valence-corrected chi connectivity index (χ1v) is 8.17. The summed E-state index contributed by atoms with van der Waals surface area (Å²) in [5, 5.41) is 0.650. The smallest absolute Gasteiger partial charge is 0.164 e. The highest BCUT2D eigenvalue weighted by Crippen LogP contribution is 2.29. The molecule has 21 heavy (non-hydrogen) atoms. The van der Waals surface area contributed by atoms with Gasteiger partial charge in [-0.15, -0.1) is 11.6 Å². The van der Waals surface area contributed by atoms with Gasteiger partial charge in [-0.3, -0.25) is 4.57 Å². The average Bonchev–Trinajstić information content (AvgIpc) is 2.79. The Morgan fingerprint density at radius 3 is 2.76 bits per heavy atom. The van der Waals surface area contributed by atoms with Gasteiger partial charge in [-0.2, -0.15) is 0 Å². The van der Waals surface area contributed by atoms with E-state index in [2.05, 4.69) is 25.9 Å². The summed E-state index contributed by atoms with van der Waals surface area (Å²) in [4.78, 5) is 9.24. The van der Waals surface area contributed by atoms with Crippen LogP contribution >= 0.6 is 39.1 Å². The van der Waals surface area contributed by atoms with Gasteiger partial charge in [-0.25, -0.2) is 9.97 Å². The molecule has 0 amide bonds. The van der Waals surface area contributed by atoms with E-state index in [0.29, 0.717) is 17.3 Å². The lowest BCUT2D eigenvalue weighted by Gasteiger charge is -2.10. The van der Waals surface area contributed by atoms with E-state index in [1.807, 2.05) is 41.8 Å². The predicted octanol–water partition coefficient (Wildman–Crippen LogP) is 4.93. The second-order valence-electron chi connectivity index (χ2n) is 4.69. The van der Waals surface area contributed by atoms with Crippen molar-refractivity contribution in [2.75, 3.05) is 5.88 Å². The zero-order chi connectivity index (χ0) is 15.0. The van der Waals surface area contributed by atoms with E-state index in [1.54, 1.807) is 0 Å². The van der Waals surface area contributed by atoms with Crippen LogP contribution in [0, 0.1) is 6.92 Å². The van der Waals surface area contributed by atoms with E-state index in [-0.39, 0.29) is 0 Å². The van der Waals surface area contributed by atoms with Crippen LogP contribution in [0.5, 0.6) is 0 Å². The summed E-state index contributed by atoms with van der Waals surface area (Å²) in [5.74, 6) is 1.35. The summed E-state index contributed by atoms with van der Waals surface area (Å²) in [6.07, 6.45) is 0.653. The summed E-state index contributed by atoms with van der Waals surface area (Å²) in [6.45, 7) is 1.96. The molecule has 0 aliphatic heterocycles. The van der Waals surface area contributed by atoms with Gasteiger partial charge in [0.2, 0.25) is 0 Å². The maximum Gasteiger partial charge on any atom is 0.164 e. The fourth-order valence-corrected chi connectivity index (χ4v) is 2.98. The van der Waals surface area contributed by atoms with Crippen molar-refractivity contribution in [1.82, 2.24) is 14.5 Å². The van der Waals surface area contributed by atoms with Crippen molar-refractivity contribution in [2.45, 2.75) is 13.3 Å². The first-order chi connectivity index (χ1) is 10.1. The number of benzene rings is 1. The van der Waals surface area contributed by atoms with Crippen molar-refractivity contribution < 1.29 is 0 Å². The number of nitrogens with zero attached hydrogens (tertiary/aromatic N) is 3. The molecule has 108 valence electrons.